The Labute approximate surface area is 163 Å². The van der Waals surface area contributed by atoms with E-state index in [-0.39, 0.29) is 4.21 Å². The number of thiophene rings is 1. The fourth-order valence-electron chi connectivity index (χ4n) is 2.84. The van der Waals surface area contributed by atoms with Crippen molar-refractivity contribution in [3.8, 4) is 0 Å². The first-order valence-electron chi connectivity index (χ1n) is 8.50. The molecular formula is C17H22ClN3O3S2. The SMILES string of the molecule is O=S(=O)(c1ccc(Cl)s1)N(CCCN1CCOCC1)Cc1ccncc1. The van der Waals surface area contributed by atoms with Crippen LogP contribution in [0.2, 0.25) is 4.34 Å². The number of pyridine rings is 1. The first-order valence-corrected chi connectivity index (χ1v) is 11.1. The summed E-state index contributed by atoms with van der Waals surface area (Å²) in [7, 11) is -3.58. The topological polar surface area (TPSA) is 62.7 Å². The van der Waals surface area contributed by atoms with Crippen molar-refractivity contribution >= 4 is 33.0 Å². The van der Waals surface area contributed by atoms with E-state index in [9.17, 15) is 8.42 Å². The lowest BCUT2D eigenvalue weighted by Crippen LogP contribution is -2.39. The van der Waals surface area contributed by atoms with Crippen molar-refractivity contribution in [1.29, 1.82) is 0 Å². The molecule has 0 aromatic carbocycles. The van der Waals surface area contributed by atoms with Crippen LogP contribution in [-0.4, -0.2) is 62.0 Å². The standard InChI is InChI=1S/C17H22ClN3O3S2/c18-16-2-3-17(25-16)26(22,23)21(14-15-4-6-19-7-5-15)9-1-8-20-10-12-24-13-11-20/h2-7H,1,8-14H2. The van der Waals surface area contributed by atoms with Crippen LogP contribution in [0.4, 0.5) is 0 Å². The molecule has 1 saturated heterocycles. The maximum Gasteiger partial charge on any atom is 0.252 e. The van der Waals surface area contributed by atoms with E-state index < -0.39 is 10.0 Å². The zero-order valence-corrected chi connectivity index (χ0v) is 16.8. The van der Waals surface area contributed by atoms with Crippen LogP contribution in [0.3, 0.4) is 0 Å². The fraction of sp³-hybridized carbons (Fsp3) is 0.471. The molecule has 142 valence electrons. The number of halogens is 1. The Kier molecular flexibility index (Phi) is 7.02. The lowest BCUT2D eigenvalue weighted by atomic mass is 10.2. The number of ether oxygens (including phenoxy) is 1. The third-order valence-electron chi connectivity index (χ3n) is 4.24. The van der Waals surface area contributed by atoms with Gasteiger partial charge in [-0.05, 0) is 42.8 Å². The average molecular weight is 416 g/mol. The fourth-order valence-corrected chi connectivity index (χ4v) is 5.94. The minimum Gasteiger partial charge on any atom is -0.379 e. The van der Waals surface area contributed by atoms with E-state index in [1.54, 1.807) is 24.5 Å². The van der Waals surface area contributed by atoms with Crippen molar-refractivity contribution in [2.24, 2.45) is 0 Å². The van der Waals surface area contributed by atoms with Gasteiger partial charge >= 0.3 is 0 Å². The van der Waals surface area contributed by atoms with Gasteiger partial charge in [-0.2, -0.15) is 4.31 Å². The number of rotatable bonds is 8. The average Bonchev–Trinajstić information content (AvgIpc) is 3.10. The van der Waals surface area contributed by atoms with Crippen molar-refractivity contribution in [2.45, 2.75) is 17.2 Å². The molecule has 6 nitrogen and oxygen atoms in total. The summed E-state index contributed by atoms with van der Waals surface area (Å²) in [5, 5.41) is 0. The van der Waals surface area contributed by atoms with Gasteiger partial charge < -0.3 is 4.74 Å². The third-order valence-corrected chi connectivity index (χ3v) is 7.78. The monoisotopic (exact) mass is 415 g/mol. The quantitative estimate of drug-likeness (QED) is 0.663. The van der Waals surface area contributed by atoms with Gasteiger partial charge in [0.1, 0.15) is 4.21 Å². The predicted octanol–water partition coefficient (Wildman–Crippen LogP) is 2.71. The second kappa shape index (κ2) is 9.25. The summed E-state index contributed by atoms with van der Waals surface area (Å²) in [4.78, 5) is 6.31. The minimum atomic E-state index is -3.58. The Balaban J connectivity index is 1.70. The van der Waals surface area contributed by atoms with Crippen LogP contribution in [0.5, 0.6) is 0 Å². The molecule has 1 aliphatic heterocycles. The summed E-state index contributed by atoms with van der Waals surface area (Å²) >= 11 is 7.04. The van der Waals surface area contributed by atoms with E-state index in [2.05, 4.69) is 9.88 Å². The summed E-state index contributed by atoms with van der Waals surface area (Å²) < 4.78 is 33.8. The maximum atomic E-state index is 13.1. The van der Waals surface area contributed by atoms with Crippen molar-refractivity contribution < 1.29 is 13.2 Å². The van der Waals surface area contributed by atoms with Gasteiger partial charge in [0.05, 0.1) is 17.6 Å². The third kappa shape index (κ3) is 5.25. The molecule has 1 aliphatic rings. The van der Waals surface area contributed by atoms with Crippen molar-refractivity contribution in [2.75, 3.05) is 39.4 Å². The lowest BCUT2D eigenvalue weighted by molar-refractivity contribution is 0.0368. The van der Waals surface area contributed by atoms with Gasteiger partial charge in [-0.3, -0.25) is 9.88 Å². The van der Waals surface area contributed by atoms with Crippen LogP contribution >= 0.6 is 22.9 Å². The van der Waals surface area contributed by atoms with E-state index in [1.165, 1.54) is 4.31 Å². The van der Waals surface area contributed by atoms with Gasteiger partial charge in [-0.15, -0.1) is 11.3 Å². The highest BCUT2D eigenvalue weighted by Crippen LogP contribution is 2.29. The molecule has 2 aromatic heterocycles. The Hall–Kier alpha value is -1.03. The molecule has 0 aliphatic carbocycles. The smallest absolute Gasteiger partial charge is 0.252 e. The molecule has 1 fully saturated rings. The molecule has 0 N–H and O–H groups in total. The van der Waals surface area contributed by atoms with Gasteiger partial charge in [0.25, 0.3) is 10.0 Å². The Morgan fingerprint density at radius 3 is 2.58 bits per heavy atom. The van der Waals surface area contributed by atoms with Crippen LogP contribution in [0.15, 0.2) is 40.9 Å². The van der Waals surface area contributed by atoms with E-state index in [1.807, 2.05) is 12.1 Å². The molecule has 2 aromatic rings. The van der Waals surface area contributed by atoms with E-state index in [4.69, 9.17) is 16.3 Å². The van der Waals surface area contributed by atoms with E-state index >= 15 is 0 Å². The van der Waals surface area contributed by atoms with Crippen molar-refractivity contribution in [3.05, 3.63) is 46.6 Å². The lowest BCUT2D eigenvalue weighted by Gasteiger charge is -2.28. The minimum absolute atomic E-state index is 0.280. The van der Waals surface area contributed by atoms with Crippen LogP contribution in [-0.2, 0) is 21.3 Å². The van der Waals surface area contributed by atoms with E-state index in [0.29, 0.717) is 17.4 Å². The molecule has 0 unspecified atom stereocenters. The summed E-state index contributed by atoms with van der Waals surface area (Å²) in [6.45, 7) is 4.92. The largest absolute Gasteiger partial charge is 0.379 e. The summed E-state index contributed by atoms with van der Waals surface area (Å²) in [6.07, 6.45) is 4.12. The second-order valence-electron chi connectivity index (χ2n) is 6.06. The number of sulfonamides is 1. The maximum absolute atomic E-state index is 13.1. The molecule has 26 heavy (non-hydrogen) atoms. The normalized spacial score (nSPS) is 16.2. The molecule has 0 bridgehead atoms. The van der Waals surface area contributed by atoms with Gasteiger partial charge in [0, 0.05) is 38.6 Å². The van der Waals surface area contributed by atoms with E-state index in [0.717, 1.165) is 56.2 Å². The van der Waals surface area contributed by atoms with Crippen LogP contribution < -0.4 is 0 Å². The van der Waals surface area contributed by atoms with Crippen LogP contribution in [0, 0.1) is 0 Å². The van der Waals surface area contributed by atoms with Gasteiger partial charge in [0.2, 0.25) is 0 Å². The molecule has 3 heterocycles. The number of nitrogens with zero attached hydrogens (tertiary/aromatic N) is 3. The number of hydrogen-bond acceptors (Lipinski definition) is 6. The van der Waals surface area contributed by atoms with Crippen LogP contribution in [0.1, 0.15) is 12.0 Å². The summed E-state index contributed by atoms with van der Waals surface area (Å²) in [5.41, 5.74) is 0.914. The molecule has 0 amide bonds. The molecule has 0 saturated carbocycles. The summed E-state index contributed by atoms with van der Waals surface area (Å²) in [5.74, 6) is 0. The van der Waals surface area contributed by atoms with Gasteiger partial charge in [0.15, 0.2) is 0 Å². The highest BCUT2D eigenvalue weighted by atomic mass is 35.5. The van der Waals surface area contributed by atoms with Crippen LogP contribution in [0.25, 0.3) is 0 Å². The zero-order valence-electron chi connectivity index (χ0n) is 14.4. The molecule has 0 atom stereocenters. The van der Waals surface area contributed by atoms with Gasteiger partial charge in [-0.25, -0.2) is 8.42 Å². The van der Waals surface area contributed by atoms with Crippen molar-refractivity contribution in [3.63, 3.8) is 0 Å². The zero-order chi connectivity index (χ0) is 18.4. The molecule has 3 rings (SSSR count). The first-order chi connectivity index (χ1) is 12.6. The number of morpholine rings is 1. The molecule has 0 spiro atoms. The predicted molar refractivity (Wildman–Crippen MR) is 103 cm³/mol. The van der Waals surface area contributed by atoms with Gasteiger partial charge in [-0.1, -0.05) is 11.6 Å². The summed E-state index contributed by atoms with van der Waals surface area (Å²) in [6, 6.07) is 6.87. The number of hydrogen-bond donors (Lipinski definition) is 0. The molecule has 9 heteroatoms. The Morgan fingerprint density at radius 2 is 1.92 bits per heavy atom. The second-order valence-corrected chi connectivity index (χ2v) is 9.94. The first kappa shape index (κ1) is 19.7. The molecule has 0 radical (unpaired) electrons. The van der Waals surface area contributed by atoms with Crippen molar-refractivity contribution in [1.82, 2.24) is 14.2 Å². The highest BCUT2D eigenvalue weighted by Gasteiger charge is 2.26. The Bertz CT molecular complexity index is 793. The highest BCUT2D eigenvalue weighted by molar-refractivity contribution is 7.91. The molecular weight excluding hydrogens is 394 g/mol. The number of aromatic nitrogens is 1. The Morgan fingerprint density at radius 1 is 1.19 bits per heavy atom.